The molecule has 4 rings (SSSR count). The first kappa shape index (κ1) is 16.4. The van der Waals surface area contributed by atoms with Crippen molar-refractivity contribution in [1.82, 2.24) is 5.32 Å². The Labute approximate surface area is 151 Å². The van der Waals surface area contributed by atoms with Crippen LogP contribution >= 0.6 is 0 Å². The topological polar surface area (TPSA) is 67.9 Å². The van der Waals surface area contributed by atoms with Gasteiger partial charge in [0.2, 0.25) is 18.6 Å². The average Bonchev–Trinajstić information content (AvgIpc) is 3.28. The Bertz CT molecular complexity index is 822. The van der Waals surface area contributed by atoms with Crippen LogP contribution in [-0.4, -0.2) is 31.7 Å². The highest BCUT2D eigenvalue weighted by Gasteiger charge is 2.34. The zero-order valence-corrected chi connectivity index (χ0v) is 14.3. The van der Waals surface area contributed by atoms with Crippen molar-refractivity contribution in [3.8, 4) is 11.5 Å². The molecule has 6 nitrogen and oxygen atoms in total. The zero-order valence-electron chi connectivity index (χ0n) is 14.3. The summed E-state index contributed by atoms with van der Waals surface area (Å²) in [6.45, 7) is 1.20. The van der Waals surface area contributed by atoms with E-state index in [1.807, 2.05) is 48.5 Å². The molecule has 2 aliphatic heterocycles. The number of carbonyl (C=O) groups is 2. The molecule has 1 N–H and O–H groups in total. The van der Waals surface area contributed by atoms with Crippen molar-refractivity contribution in [2.45, 2.75) is 12.8 Å². The summed E-state index contributed by atoms with van der Waals surface area (Å²) < 4.78 is 10.7. The number of nitrogens with zero attached hydrogens (tertiary/aromatic N) is 1. The van der Waals surface area contributed by atoms with Crippen LogP contribution in [0, 0.1) is 5.92 Å². The van der Waals surface area contributed by atoms with E-state index in [0.29, 0.717) is 19.5 Å². The van der Waals surface area contributed by atoms with Gasteiger partial charge in [0, 0.05) is 25.2 Å². The van der Waals surface area contributed by atoms with Gasteiger partial charge in [0.25, 0.3) is 0 Å². The van der Waals surface area contributed by atoms with Crippen LogP contribution in [0.3, 0.4) is 0 Å². The summed E-state index contributed by atoms with van der Waals surface area (Å²) >= 11 is 0. The number of nitrogens with one attached hydrogen (secondary N) is 1. The van der Waals surface area contributed by atoms with E-state index in [1.165, 1.54) is 0 Å². The molecule has 2 heterocycles. The second-order valence-electron chi connectivity index (χ2n) is 6.47. The number of fused-ring (bicyclic) bond motifs is 1. The summed E-state index contributed by atoms with van der Waals surface area (Å²) in [6, 6.07) is 15.2. The number of anilines is 1. The molecule has 2 aromatic carbocycles. The second-order valence-corrected chi connectivity index (χ2v) is 6.47. The first-order valence-corrected chi connectivity index (χ1v) is 8.72. The quantitative estimate of drug-likeness (QED) is 0.895. The minimum Gasteiger partial charge on any atom is -0.454 e. The lowest BCUT2D eigenvalue weighted by atomic mass is 10.1. The van der Waals surface area contributed by atoms with Crippen LogP contribution in [0.1, 0.15) is 12.0 Å². The Kier molecular flexibility index (Phi) is 4.48. The van der Waals surface area contributed by atoms with Crippen molar-refractivity contribution < 1.29 is 19.1 Å². The van der Waals surface area contributed by atoms with Crippen LogP contribution in [0.15, 0.2) is 48.5 Å². The monoisotopic (exact) mass is 352 g/mol. The van der Waals surface area contributed by atoms with Crippen molar-refractivity contribution in [3.05, 3.63) is 54.1 Å². The fourth-order valence-electron chi connectivity index (χ4n) is 3.31. The standard InChI is InChI=1S/C20H20N2O4/c23-19-11-15(12-22(19)16-4-2-1-3-5-16)20(24)21-9-8-14-6-7-17-18(10-14)26-13-25-17/h1-7,10,15H,8-9,11-13H2,(H,21,24). The van der Waals surface area contributed by atoms with Gasteiger partial charge < -0.3 is 19.7 Å². The Morgan fingerprint density at radius 1 is 1.12 bits per heavy atom. The van der Waals surface area contributed by atoms with Gasteiger partial charge in [-0.2, -0.15) is 0 Å². The van der Waals surface area contributed by atoms with E-state index in [4.69, 9.17) is 9.47 Å². The number of carbonyl (C=O) groups excluding carboxylic acids is 2. The van der Waals surface area contributed by atoms with Gasteiger partial charge in [-0.05, 0) is 36.2 Å². The molecule has 0 spiro atoms. The van der Waals surface area contributed by atoms with Gasteiger partial charge in [-0.15, -0.1) is 0 Å². The third-order valence-corrected chi connectivity index (χ3v) is 4.71. The van der Waals surface area contributed by atoms with Crippen LogP contribution in [0.5, 0.6) is 11.5 Å². The number of hydrogen-bond donors (Lipinski definition) is 1. The number of rotatable bonds is 5. The van der Waals surface area contributed by atoms with Gasteiger partial charge in [-0.1, -0.05) is 24.3 Å². The summed E-state index contributed by atoms with van der Waals surface area (Å²) in [5, 5.41) is 2.94. The molecule has 1 atom stereocenters. The SMILES string of the molecule is O=C(NCCc1ccc2c(c1)OCO2)C1CC(=O)N(c2ccccc2)C1. The maximum absolute atomic E-state index is 12.4. The van der Waals surface area contributed by atoms with E-state index in [2.05, 4.69) is 5.32 Å². The van der Waals surface area contributed by atoms with E-state index in [9.17, 15) is 9.59 Å². The third kappa shape index (κ3) is 3.35. The first-order valence-electron chi connectivity index (χ1n) is 8.72. The van der Waals surface area contributed by atoms with Gasteiger partial charge in [-0.25, -0.2) is 0 Å². The van der Waals surface area contributed by atoms with Crippen molar-refractivity contribution >= 4 is 17.5 Å². The van der Waals surface area contributed by atoms with E-state index in [1.54, 1.807) is 4.90 Å². The molecule has 2 aromatic rings. The highest BCUT2D eigenvalue weighted by Crippen LogP contribution is 2.32. The highest BCUT2D eigenvalue weighted by molar-refractivity contribution is 6.00. The van der Waals surface area contributed by atoms with Crippen molar-refractivity contribution in [1.29, 1.82) is 0 Å². The number of para-hydroxylation sites is 1. The minimum atomic E-state index is -0.306. The molecule has 0 aliphatic carbocycles. The van der Waals surface area contributed by atoms with Crippen LogP contribution in [0.4, 0.5) is 5.69 Å². The van der Waals surface area contributed by atoms with Crippen LogP contribution in [0.25, 0.3) is 0 Å². The Morgan fingerprint density at radius 2 is 1.92 bits per heavy atom. The molecule has 2 amide bonds. The van der Waals surface area contributed by atoms with Crippen molar-refractivity contribution in [3.63, 3.8) is 0 Å². The maximum atomic E-state index is 12.4. The smallest absolute Gasteiger partial charge is 0.231 e. The Hall–Kier alpha value is -3.02. The maximum Gasteiger partial charge on any atom is 0.231 e. The van der Waals surface area contributed by atoms with E-state index >= 15 is 0 Å². The number of benzene rings is 2. The highest BCUT2D eigenvalue weighted by atomic mass is 16.7. The van der Waals surface area contributed by atoms with Gasteiger partial charge in [0.05, 0.1) is 5.92 Å². The third-order valence-electron chi connectivity index (χ3n) is 4.71. The molecule has 0 bridgehead atoms. The van der Waals surface area contributed by atoms with Crippen molar-refractivity contribution in [2.75, 3.05) is 24.8 Å². The Morgan fingerprint density at radius 3 is 2.77 bits per heavy atom. The van der Waals surface area contributed by atoms with E-state index < -0.39 is 0 Å². The number of amides is 2. The normalized spacial score (nSPS) is 18.2. The van der Waals surface area contributed by atoms with Gasteiger partial charge in [0.1, 0.15) is 0 Å². The van der Waals surface area contributed by atoms with Crippen molar-refractivity contribution in [2.24, 2.45) is 5.92 Å². The molecular formula is C20H20N2O4. The molecule has 1 fully saturated rings. The largest absolute Gasteiger partial charge is 0.454 e. The second kappa shape index (κ2) is 7.07. The number of hydrogen-bond acceptors (Lipinski definition) is 4. The van der Waals surface area contributed by atoms with Gasteiger partial charge in [-0.3, -0.25) is 9.59 Å². The fraction of sp³-hybridized carbons (Fsp3) is 0.300. The van der Waals surface area contributed by atoms with Gasteiger partial charge in [0.15, 0.2) is 11.5 Å². The van der Waals surface area contributed by atoms with Gasteiger partial charge >= 0.3 is 0 Å². The summed E-state index contributed by atoms with van der Waals surface area (Å²) in [6.07, 6.45) is 0.955. The summed E-state index contributed by atoms with van der Waals surface area (Å²) in [4.78, 5) is 26.3. The lowest BCUT2D eigenvalue weighted by Crippen LogP contribution is -2.34. The molecule has 1 saturated heterocycles. The first-order chi connectivity index (χ1) is 12.7. The van der Waals surface area contributed by atoms with E-state index in [-0.39, 0.29) is 30.9 Å². The fourth-order valence-corrected chi connectivity index (χ4v) is 3.31. The summed E-state index contributed by atoms with van der Waals surface area (Å²) in [7, 11) is 0. The molecule has 0 radical (unpaired) electrons. The molecule has 26 heavy (non-hydrogen) atoms. The Balaban J connectivity index is 1.29. The molecule has 1 unspecified atom stereocenters. The molecule has 134 valence electrons. The van der Waals surface area contributed by atoms with Crippen LogP contribution in [0.2, 0.25) is 0 Å². The lowest BCUT2D eigenvalue weighted by Gasteiger charge is -2.16. The van der Waals surface area contributed by atoms with E-state index in [0.717, 1.165) is 22.7 Å². The molecular weight excluding hydrogens is 332 g/mol. The molecule has 0 saturated carbocycles. The average molecular weight is 352 g/mol. The lowest BCUT2D eigenvalue weighted by molar-refractivity contribution is -0.126. The molecule has 6 heteroatoms. The summed E-state index contributed by atoms with van der Waals surface area (Å²) in [5.41, 5.74) is 1.91. The summed E-state index contributed by atoms with van der Waals surface area (Å²) in [5.74, 6) is 1.11. The number of ether oxygens (including phenoxy) is 2. The predicted molar refractivity (Wildman–Crippen MR) is 96.2 cm³/mol. The zero-order chi connectivity index (χ0) is 17.9. The molecule has 2 aliphatic rings. The minimum absolute atomic E-state index is 0.00730. The molecule has 0 aromatic heterocycles. The van der Waals surface area contributed by atoms with Crippen LogP contribution < -0.4 is 19.7 Å². The predicted octanol–water partition coefficient (Wildman–Crippen LogP) is 2.13. The van der Waals surface area contributed by atoms with Crippen LogP contribution in [-0.2, 0) is 16.0 Å².